The average Bonchev–Trinajstić information content (AvgIpc) is 3.39. The van der Waals surface area contributed by atoms with Crippen LogP contribution in [0.4, 0.5) is 16.2 Å². The minimum Gasteiger partial charge on any atom is -0.377 e. The van der Waals surface area contributed by atoms with Crippen molar-refractivity contribution in [3.05, 3.63) is 53.8 Å². The van der Waals surface area contributed by atoms with Crippen LogP contribution < -0.4 is 10.6 Å². The van der Waals surface area contributed by atoms with Gasteiger partial charge in [0.05, 0.1) is 52.9 Å². The molecule has 2 amide bonds. The van der Waals surface area contributed by atoms with Crippen LogP contribution in [0.15, 0.2) is 43.2 Å². The van der Waals surface area contributed by atoms with E-state index in [1.54, 1.807) is 30.1 Å². The third-order valence-corrected chi connectivity index (χ3v) is 4.44. The number of nitrogens with zero attached hydrogens (tertiary/aromatic N) is 7. The number of methoxy groups -OCH3 is 1. The number of pyridine rings is 1. The van der Waals surface area contributed by atoms with Crippen molar-refractivity contribution in [1.29, 1.82) is 0 Å². The summed E-state index contributed by atoms with van der Waals surface area (Å²) < 4.78 is 7.03. The number of aromatic nitrogens is 7. The molecule has 0 saturated carbocycles. The first kappa shape index (κ1) is 18.8. The lowest BCUT2D eigenvalue weighted by Crippen LogP contribution is -2.22. The molecule has 0 aliphatic carbocycles. The van der Waals surface area contributed by atoms with Crippen LogP contribution in [0.5, 0.6) is 0 Å². The van der Waals surface area contributed by atoms with E-state index in [9.17, 15) is 4.79 Å². The smallest absolute Gasteiger partial charge is 0.323 e. The van der Waals surface area contributed by atoms with Crippen molar-refractivity contribution >= 4 is 34.7 Å². The van der Waals surface area contributed by atoms with Gasteiger partial charge in [-0.1, -0.05) is 11.6 Å². The number of carbonyl (C=O) groups excluding carboxylic acids is 1. The zero-order valence-corrected chi connectivity index (χ0v) is 16.2. The number of fused-ring (bicyclic) bond motifs is 1. The zero-order chi connectivity index (χ0) is 20.4. The highest BCUT2D eigenvalue weighted by atomic mass is 35.5. The molecule has 4 heterocycles. The molecule has 0 saturated heterocycles. The van der Waals surface area contributed by atoms with Crippen molar-refractivity contribution in [2.45, 2.75) is 13.0 Å². The number of hydrogen-bond donors (Lipinski definition) is 2. The summed E-state index contributed by atoms with van der Waals surface area (Å²) in [6.07, 6.45) is 9.06. The summed E-state index contributed by atoms with van der Waals surface area (Å²) in [6.45, 7) is 1.86. The van der Waals surface area contributed by atoms with E-state index in [1.165, 1.54) is 29.6 Å². The molecular weight excluding hydrogens is 398 g/mol. The van der Waals surface area contributed by atoms with Gasteiger partial charge < -0.3 is 15.4 Å². The minimum absolute atomic E-state index is 0.285. The van der Waals surface area contributed by atoms with Gasteiger partial charge in [0, 0.05) is 19.5 Å². The molecule has 2 N–H and O–H groups in total. The topological polar surface area (TPSA) is 124 Å². The third-order valence-electron chi connectivity index (χ3n) is 4.16. The Kier molecular flexibility index (Phi) is 5.06. The van der Waals surface area contributed by atoms with E-state index >= 15 is 0 Å². The van der Waals surface area contributed by atoms with Crippen LogP contribution in [0.25, 0.3) is 11.5 Å². The van der Waals surface area contributed by atoms with Crippen molar-refractivity contribution in [2.75, 3.05) is 17.7 Å². The van der Waals surface area contributed by atoms with Gasteiger partial charge in [-0.15, -0.1) is 4.80 Å². The summed E-state index contributed by atoms with van der Waals surface area (Å²) in [5, 5.41) is 17.9. The average molecular weight is 414 g/mol. The Labute approximate surface area is 169 Å². The van der Waals surface area contributed by atoms with E-state index in [0.29, 0.717) is 28.4 Å². The molecule has 0 spiro atoms. The maximum atomic E-state index is 12.5. The van der Waals surface area contributed by atoms with E-state index in [-0.39, 0.29) is 11.1 Å². The van der Waals surface area contributed by atoms with Crippen LogP contribution in [0, 0.1) is 0 Å². The number of nitrogens with one attached hydrogen (secondary N) is 2. The molecule has 0 aliphatic rings. The van der Waals surface area contributed by atoms with Crippen LogP contribution >= 0.6 is 11.6 Å². The molecule has 4 aromatic heterocycles. The quantitative estimate of drug-likeness (QED) is 0.515. The van der Waals surface area contributed by atoms with Gasteiger partial charge in [0.1, 0.15) is 0 Å². The molecule has 0 radical (unpaired) electrons. The second-order valence-electron chi connectivity index (χ2n) is 5.97. The monoisotopic (exact) mass is 413 g/mol. The maximum absolute atomic E-state index is 12.5. The molecule has 12 heteroatoms. The number of hydrogen-bond acceptors (Lipinski definition) is 7. The lowest BCUT2D eigenvalue weighted by molar-refractivity contribution is 0.120. The third kappa shape index (κ3) is 3.73. The molecule has 0 unspecified atom stereocenters. The molecular formula is C17H16ClN9O2. The van der Waals surface area contributed by atoms with Crippen LogP contribution in [-0.4, -0.2) is 47.7 Å². The van der Waals surface area contributed by atoms with Crippen LogP contribution in [0.2, 0.25) is 5.02 Å². The molecule has 4 aromatic rings. The first-order valence-corrected chi connectivity index (χ1v) is 8.90. The predicted molar refractivity (Wildman–Crippen MR) is 105 cm³/mol. The first-order chi connectivity index (χ1) is 14.1. The zero-order valence-electron chi connectivity index (χ0n) is 15.4. The van der Waals surface area contributed by atoms with E-state index in [4.69, 9.17) is 16.3 Å². The van der Waals surface area contributed by atoms with Crippen molar-refractivity contribution in [3.8, 4) is 5.82 Å². The number of urea groups is 1. The second-order valence-corrected chi connectivity index (χ2v) is 6.38. The van der Waals surface area contributed by atoms with Gasteiger partial charge >= 0.3 is 6.03 Å². The molecule has 0 fully saturated rings. The Bertz CT molecular complexity index is 1160. The molecule has 11 nitrogen and oxygen atoms in total. The van der Waals surface area contributed by atoms with Crippen LogP contribution in [0.3, 0.4) is 0 Å². The van der Waals surface area contributed by atoms with Crippen molar-refractivity contribution < 1.29 is 9.53 Å². The molecule has 0 aliphatic heterocycles. The van der Waals surface area contributed by atoms with Crippen LogP contribution in [0.1, 0.15) is 18.6 Å². The van der Waals surface area contributed by atoms with Gasteiger partial charge in [-0.2, -0.15) is 15.3 Å². The molecule has 0 bridgehead atoms. The Morgan fingerprint density at radius 1 is 1.14 bits per heavy atom. The van der Waals surface area contributed by atoms with Gasteiger partial charge in [-0.25, -0.2) is 19.3 Å². The van der Waals surface area contributed by atoms with Crippen molar-refractivity contribution in [2.24, 2.45) is 0 Å². The summed E-state index contributed by atoms with van der Waals surface area (Å²) >= 11 is 6.23. The highest BCUT2D eigenvalue weighted by Gasteiger charge is 2.18. The summed E-state index contributed by atoms with van der Waals surface area (Å²) in [5.41, 5.74) is 2.18. The fourth-order valence-electron chi connectivity index (χ4n) is 2.77. The molecule has 0 aromatic carbocycles. The number of carbonyl (C=O) groups is 1. The fraction of sp³-hybridized carbons (Fsp3) is 0.176. The number of halogens is 1. The van der Waals surface area contributed by atoms with Crippen molar-refractivity contribution in [3.63, 3.8) is 0 Å². The summed E-state index contributed by atoms with van der Waals surface area (Å²) in [6, 6.07) is 1.07. The number of amides is 2. The highest BCUT2D eigenvalue weighted by Crippen LogP contribution is 2.28. The second kappa shape index (κ2) is 7.81. The Balaban J connectivity index is 1.55. The number of ether oxygens (including phenoxy) is 1. The Hall–Kier alpha value is -3.57. The Morgan fingerprint density at radius 3 is 2.66 bits per heavy atom. The molecule has 1 atom stereocenters. The molecule has 148 valence electrons. The standard InChI is InChI=1S/C17H16ClN9O2/c1-10(29-2)14-13(9-23-26-6-5-19-16(14)26)25-17(28)24-11-7-12(18)15(20-8-11)27-21-3-4-22-27/h3-10H,1-2H3,(H2,24,25,28)/t10-/m1/s1. The number of anilines is 2. The number of imidazole rings is 1. The van der Waals surface area contributed by atoms with Crippen molar-refractivity contribution in [1.82, 2.24) is 34.6 Å². The normalized spacial score (nSPS) is 12.1. The van der Waals surface area contributed by atoms with E-state index in [2.05, 4.69) is 35.9 Å². The first-order valence-electron chi connectivity index (χ1n) is 8.52. The molecule has 4 rings (SSSR count). The number of rotatable bonds is 5. The SMILES string of the molecule is CO[C@H](C)c1c(NC(=O)Nc2cnc(-n3nccn3)c(Cl)c2)cnn2ccnc12. The summed E-state index contributed by atoms with van der Waals surface area (Å²) in [7, 11) is 1.58. The lowest BCUT2D eigenvalue weighted by atomic mass is 10.1. The van der Waals surface area contributed by atoms with Gasteiger partial charge in [-0.05, 0) is 13.0 Å². The Morgan fingerprint density at radius 2 is 1.93 bits per heavy atom. The van der Waals surface area contributed by atoms with Gasteiger partial charge in [0.15, 0.2) is 11.5 Å². The van der Waals surface area contributed by atoms with E-state index in [0.717, 1.165) is 0 Å². The highest BCUT2D eigenvalue weighted by molar-refractivity contribution is 6.32. The largest absolute Gasteiger partial charge is 0.377 e. The van der Waals surface area contributed by atoms with E-state index in [1.807, 2.05) is 6.92 Å². The van der Waals surface area contributed by atoms with E-state index < -0.39 is 6.03 Å². The fourth-order valence-corrected chi connectivity index (χ4v) is 3.01. The summed E-state index contributed by atoms with van der Waals surface area (Å²) in [4.78, 5) is 22.3. The van der Waals surface area contributed by atoms with Crippen LogP contribution in [-0.2, 0) is 4.74 Å². The van der Waals surface area contributed by atoms with Gasteiger partial charge in [0.25, 0.3) is 0 Å². The lowest BCUT2D eigenvalue weighted by Gasteiger charge is -2.16. The predicted octanol–water partition coefficient (Wildman–Crippen LogP) is 2.71. The maximum Gasteiger partial charge on any atom is 0.323 e. The minimum atomic E-state index is -0.491. The summed E-state index contributed by atoms with van der Waals surface area (Å²) in [5.74, 6) is 0.354. The van der Waals surface area contributed by atoms with Gasteiger partial charge in [-0.3, -0.25) is 0 Å². The van der Waals surface area contributed by atoms with Gasteiger partial charge in [0.2, 0.25) is 0 Å². The molecule has 29 heavy (non-hydrogen) atoms.